The highest BCUT2D eigenvalue weighted by Gasteiger charge is 2.27. The molecule has 1 heterocycles. The predicted molar refractivity (Wildman–Crippen MR) is 112 cm³/mol. The number of amides is 1. The topological polar surface area (TPSA) is 75.7 Å². The van der Waals surface area contributed by atoms with Crippen LogP contribution in [-0.4, -0.2) is 50.3 Å². The van der Waals surface area contributed by atoms with Crippen molar-refractivity contribution in [2.24, 2.45) is 0 Å². The molecule has 0 radical (unpaired) electrons. The number of sulfonamides is 1. The zero-order valence-corrected chi connectivity index (χ0v) is 17.7. The maximum absolute atomic E-state index is 12.8. The third-order valence-electron chi connectivity index (χ3n) is 4.40. The van der Waals surface area contributed by atoms with Gasteiger partial charge in [-0.05, 0) is 35.9 Å². The smallest absolute Gasteiger partial charge is 0.253 e. The molecule has 0 atom stereocenters. The van der Waals surface area contributed by atoms with Gasteiger partial charge in [-0.15, -0.1) is 0 Å². The Morgan fingerprint density at radius 3 is 2.50 bits per heavy atom. The molecule has 150 valence electrons. The molecular formula is C19H21ClN2O4S2. The fourth-order valence-corrected chi connectivity index (χ4v) is 5.60. The van der Waals surface area contributed by atoms with Gasteiger partial charge in [-0.2, -0.15) is 16.1 Å². The van der Waals surface area contributed by atoms with Crippen molar-refractivity contribution in [2.75, 3.05) is 31.7 Å². The molecule has 1 amide bonds. The van der Waals surface area contributed by atoms with Crippen LogP contribution in [0.15, 0.2) is 47.4 Å². The van der Waals surface area contributed by atoms with E-state index in [-0.39, 0.29) is 15.5 Å². The van der Waals surface area contributed by atoms with E-state index in [1.54, 1.807) is 31.0 Å². The lowest BCUT2D eigenvalue weighted by Crippen LogP contribution is -2.38. The number of thioether (sulfide) groups is 1. The number of hydrogen-bond acceptors (Lipinski definition) is 5. The molecule has 3 rings (SSSR count). The maximum atomic E-state index is 12.8. The third-order valence-corrected chi connectivity index (χ3v) is 7.57. The van der Waals surface area contributed by atoms with Crippen LogP contribution in [0.4, 0.5) is 0 Å². The fourth-order valence-electron chi connectivity index (χ4n) is 2.80. The number of hydrogen-bond donors (Lipinski definition) is 1. The second kappa shape index (κ2) is 9.17. The lowest BCUT2D eigenvalue weighted by molar-refractivity contribution is 0.0951. The molecule has 2 aromatic rings. The summed E-state index contributed by atoms with van der Waals surface area (Å²) in [6.45, 7) is 1.22. The summed E-state index contributed by atoms with van der Waals surface area (Å²) in [6, 6.07) is 11.5. The molecule has 9 heteroatoms. The number of halogens is 1. The molecule has 6 nitrogen and oxygen atoms in total. The molecule has 2 aromatic carbocycles. The molecular weight excluding hydrogens is 420 g/mol. The number of methoxy groups -OCH3 is 1. The van der Waals surface area contributed by atoms with Crippen molar-refractivity contribution < 1.29 is 17.9 Å². The van der Waals surface area contributed by atoms with Gasteiger partial charge >= 0.3 is 0 Å². The van der Waals surface area contributed by atoms with Crippen LogP contribution in [-0.2, 0) is 16.6 Å². The Morgan fingerprint density at radius 2 is 1.86 bits per heavy atom. The number of nitrogens with one attached hydrogen (secondary N) is 1. The molecule has 0 aromatic heterocycles. The fraction of sp³-hybridized carbons (Fsp3) is 0.316. The summed E-state index contributed by atoms with van der Waals surface area (Å²) in [5.74, 6) is 1.84. The quantitative estimate of drug-likeness (QED) is 0.747. The van der Waals surface area contributed by atoms with Crippen molar-refractivity contribution in [1.82, 2.24) is 9.62 Å². The molecule has 0 unspecified atom stereocenters. The van der Waals surface area contributed by atoms with Gasteiger partial charge in [0.05, 0.1) is 22.6 Å². The average Bonchev–Trinajstić information content (AvgIpc) is 2.73. The molecule has 1 aliphatic rings. The Labute approximate surface area is 174 Å². The number of rotatable bonds is 6. The number of ether oxygens (including phenoxy) is 1. The summed E-state index contributed by atoms with van der Waals surface area (Å²) >= 11 is 7.89. The summed E-state index contributed by atoms with van der Waals surface area (Å²) in [5.41, 5.74) is 1.03. The molecule has 0 saturated carbocycles. The van der Waals surface area contributed by atoms with E-state index in [1.165, 1.54) is 22.5 Å². The first-order valence-electron chi connectivity index (χ1n) is 8.70. The van der Waals surface area contributed by atoms with Crippen molar-refractivity contribution >= 4 is 39.3 Å². The molecule has 0 aliphatic carbocycles. The van der Waals surface area contributed by atoms with Gasteiger partial charge in [0.15, 0.2) is 0 Å². The van der Waals surface area contributed by atoms with Crippen LogP contribution in [0.5, 0.6) is 5.75 Å². The van der Waals surface area contributed by atoms with Gasteiger partial charge in [0.25, 0.3) is 5.91 Å². The standard InChI is InChI=1S/C19H21ClN2O4S2/c1-26-15-4-2-14(3-5-15)13-21-19(23)17-12-16(6-7-18(17)20)28(24,25)22-8-10-27-11-9-22/h2-7,12H,8-11,13H2,1H3,(H,21,23). The van der Waals surface area contributed by atoms with Gasteiger partial charge in [-0.1, -0.05) is 23.7 Å². The zero-order chi connectivity index (χ0) is 20.1. The Kier molecular flexibility index (Phi) is 6.87. The van der Waals surface area contributed by atoms with Gasteiger partial charge in [-0.25, -0.2) is 8.42 Å². The first kappa shape index (κ1) is 21.0. The van der Waals surface area contributed by atoms with Crippen molar-refractivity contribution in [3.05, 3.63) is 58.6 Å². The predicted octanol–water partition coefficient (Wildman–Crippen LogP) is 3.02. The molecule has 1 aliphatic heterocycles. The minimum atomic E-state index is -3.64. The van der Waals surface area contributed by atoms with Crippen molar-refractivity contribution in [3.63, 3.8) is 0 Å². The second-order valence-electron chi connectivity index (χ2n) is 6.19. The van der Waals surface area contributed by atoms with E-state index in [1.807, 2.05) is 12.1 Å². The molecule has 1 fully saturated rings. The average molecular weight is 441 g/mol. The highest BCUT2D eigenvalue weighted by molar-refractivity contribution is 7.99. The van der Waals surface area contributed by atoms with Gasteiger partial charge in [0, 0.05) is 31.1 Å². The first-order chi connectivity index (χ1) is 13.4. The van der Waals surface area contributed by atoms with E-state index < -0.39 is 15.9 Å². The number of carbonyl (C=O) groups is 1. The Bertz CT molecular complexity index is 943. The lowest BCUT2D eigenvalue weighted by atomic mass is 10.2. The zero-order valence-electron chi connectivity index (χ0n) is 15.4. The minimum Gasteiger partial charge on any atom is -0.497 e. The summed E-state index contributed by atoms with van der Waals surface area (Å²) in [6.07, 6.45) is 0. The molecule has 0 spiro atoms. The van der Waals surface area contributed by atoms with Crippen LogP contribution >= 0.6 is 23.4 Å². The Hall–Kier alpha value is -1.74. The van der Waals surface area contributed by atoms with E-state index >= 15 is 0 Å². The number of benzene rings is 2. The van der Waals surface area contributed by atoms with Crippen molar-refractivity contribution in [2.45, 2.75) is 11.4 Å². The summed E-state index contributed by atoms with van der Waals surface area (Å²) in [7, 11) is -2.06. The molecule has 28 heavy (non-hydrogen) atoms. The van der Waals surface area contributed by atoms with E-state index in [2.05, 4.69) is 5.32 Å². The lowest BCUT2D eigenvalue weighted by Gasteiger charge is -2.25. The van der Waals surface area contributed by atoms with Gasteiger partial charge in [0.1, 0.15) is 5.75 Å². The minimum absolute atomic E-state index is 0.0818. The monoisotopic (exact) mass is 440 g/mol. The van der Waals surface area contributed by atoms with Crippen LogP contribution < -0.4 is 10.1 Å². The van der Waals surface area contributed by atoms with Crippen LogP contribution in [0.1, 0.15) is 15.9 Å². The largest absolute Gasteiger partial charge is 0.497 e. The number of carbonyl (C=O) groups excluding carboxylic acids is 1. The van der Waals surface area contributed by atoms with E-state index in [0.29, 0.717) is 19.6 Å². The van der Waals surface area contributed by atoms with Crippen LogP contribution in [0.25, 0.3) is 0 Å². The molecule has 1 saturated heterocycles. The maximum Gasteiger partial charge on any atom is 0.253 e. The van der Waals surface area contributed by atoms with E-state index in [4.69, 9.17) is 16.3 Å². The Morgan fingerprint density at radius 1 is 1.18 bits per heavy atom. The van der Waals surface area contributed by atoms with Crippen molar-refractivity contribution in [1.29, 1.82) is 0 Å². The Balaban J connectivity index is 1.75. The number of nitrogens with zero attached hydrogens (tertiary/aromatic N) is 1. The third kappa shape index (κ3) is 4.81. The highest BCUT2D eigenvalue weighted by atomic mass is 35.5. The van der Waals surface area contributed by atoms with Gasteiger partial charge < -0.3 is 10.1 Å². The summed E-state index contributed by atoms with van der Waals surface area (Å²) in [4.78, 5) is 12.7. The summed E-state index contributed by atoms with van der Waals surface area (Å²) < 4.78 is 32.2. The second-order valence-corrected chi connectivity index (χ2v) is 9.76. The van der Waals surface area contributed by atoms with Crippen LogP contribution in [0.3, 0.4) is 0 Å². The SMILES string of the molecule is COc1ccc(CNC(=O)c2cc(S(=O)(=O)N3CCSCC3)ccc2Cl)cc1. The first-order valence-corrected chi connectivity index (χ1v) is 11.7. The van der Waals surface area contributed by atoms with Crippen molar-refractivity contribution in [3.8, 4) is 5.75 Å². The highest BCUT2D eigenvalue weighted by Crippen LogP contribution is 2.25. The van der Waals surface area contributed by atoms with Crippen LogP contribution in [0, 0.1) is 0 Å². The van der Waals surface area contributed by atoms with E-state index in [9.17, 15) is 13.2 Å². The van der Waals surface area contributed by atoms with Crippen LogP contribution in [0.2, 0.25) is 5.02 Å². The van der Waals surface area contributed by atoms with Gasteiger partial charge in [0.2, 0.25) is 10.0 Å². The van der Waals surface area contributed by atoms with E-state index in [0.717, 1.165) is 22.8 Å². The molecule has 1 N–H and O–H groups in total. The molecule has 0 bridgehead atoms. The summed E-state index contributed by atoms with van der Waals surface area (Å²) in [5, 5.41) is 2.98. The normalized spacial score (nSPS) is 15.2. The van der Waals surface area contributed by atoms with Gasteiger partial charge in [-0.3, -0.25) is 4.79 Å².